The molecule has 4 rings (SSSR count). The van der Waals surface area contributed by atoms with Crippen molar-refractivity contribution in [3.8, 4) is 11.4 Å². The number of carbonyl (C=O) groups is 1. The number of aryl methyl sites for hydroxylation is 1. The molecule has 0 saturated heterocycles. The zero-order chi connectivity index (χ0) is 23.2. The van der Waals surface area contributed by atoms with Gasteiger partial charge in [-0.25, -0.2) is 14.6 Å². The number of likely N-dealkylation sites (N-methyl/N-ethyl adjacent to an activating group) is 1. The highest BCUT2D eigenvalue weighted by atomic mass is 32.1. The van der Waals surface area contributed by atoms with Gasteiger partial charge in [-0.15, -0.1) is 11.3 Å². The Labute approximate surface area is 197 Å². The third-order valence-electron chi connectivity index (χ3n) is 5.35. The number of ether oxygens (including phenoxy) is 1. The van der Waals surface area contributed by atoms with Gasteiger partial charge in [-0.3, -0.25) is 4.79 Å². The average Bonchev–Trinajstić information content (AvgIpc) is 3.53. The Hall–Kier alpha value is -3.78. The summed E-state index contributed by atoms with van der Waals surface area (Å²) in [5.74, 6) is 0.624. The summed E-state index contributed by atoms with van der Waals surface area (Å²) >= 11 is 1.60. The molecule has 2 heterocycles. The topological polar surface area (TPSA) is 73.1 Å². The molecule has 0 radical (unpaired) electrons. The molecule has 8 heteroatoms. The van der Waals surface area contributed by atoms with Gasteiger partial charge >= 0.3 is 0 Å². The van der Waals surface area contributed by atoms with E-state index in [9.17, 15) is 4.79 Å². The monoisotopic (exact) mass is 459 g/mol. The molecular formula is C25H25N5O2S. The lowest BCUT2D eigenvalue weighted by atomic mass is 10.1. The van der Waals surface area contributed by atoms with Crippen LogP contribution < -0.4 is 4.74 Å². The molecule has 0 saturated carbocycles. The van der Waals surface area contributed by atoms with E-state index in [0.717, 1.165) is 27.5 Å². The van der Waals surface area contributed by atoms with Crippen LogP contribution in [0.5, 0.6) is 5.75 Å². The lowest BCUT2D eigenvalue weighted by Gasteiger charge is -2.24. The van der Waals surface area contributed by atoms with E-state index in [1.54, 1.807) is 46.4 Å². The fourth-order valence-corrected chi connectivity index (χ4v) is 3.91. The second kappa shape index (κ2) is 10.2. The van der Waals surface area contributed by atoms with Crippen LogP contribution in [0.2, 0.25) is 0 Å². The van der Waals surface area contributed by atoms with Crippen LogP contribution in [-0.2, 0) is 11.4 Å². The van der Waals surface area contributed by atoms with Crippen molar-refractivity contribution in [2.45, 2.75) is 26.5 Å². The lowest BCUT2D eigenvalue weighted by molar-refractivity contribution is -0.126. The largest absolute Gasteiger partial charge is 0.487 e. The number of aromatic nitrogens is 4. The molecular weight excluding hydrogens is 434 g/mol. The number of para-hydroxylation sites is 1. The minimum Gasteiger partial charge on any atom is -0.487 e. The van der Waals surface area contributed by atoms with Crippen molar-refractivity contribution in [3.05, 3.63) is 94.5 Å². The lowest BCUT2D eigenvalue weighted by Crippen LogP contribution is -2.28. The molecule has 0 bridgehead atoms. The Balaban J connectivity index is 1.40. The van der Waals surface area contributed by atoms with Crippen LogP contribution >= 0.6 is 11.3 Å². The summed E-state index contributed by atoms with van der Waals surface area (Å²) in [6.45, 7) is 4.37. The molecule has 0 aliphatic carbocycles. The van der Waals surface area contributed by atoms with Gasteiger partial charge in [0.1, 0.15) is 25.0 Å². The quantitative estimate of drug-likeness (QED) is 0.353. The molecule has 0 fully saturated rings. The highest BCUT2D eigenvalue weighted by molar-refractivity contribution is 7.09. The molecule has 4 aromatic rings. The Kier molecular flexibility index (Phi) is 6.95. The van der Waals surface area contributed by atoms with E-state index < -0.39 is 0 Å². The van der Waals surface area contributed by atoms with Crippen molar-refractivity contribution in [1.82, 2.24) is 24.6 Å². The van der Waals surface area contributed by atoms with Gasteiger partial charge in [0.2, 0.25) is 5.91 Å². The summed E-state index contributed by atoms with van der Waals surface area (Å²) in [6.07, 6.45) is 6.52. The first-order valence-electron chi connectivity index (χ1n) is 10.5. The summed E-state index contributed by atoms with van der Waals surface area (Å²) in [7, 11) is 1.80. The number of carbonyl (C=O) groups excluding carboxylic acids is 1. The standard InChI is InChI=1S/C25H25N5O2S/c1-18(20-8-11-23(12-9-20)30-17-26-16-27-30)29(3)25(31)13-10-21-6-4-5-7-24(21)32-14-22-15-33-19(2)28-22/h4-13,15-18H,14H2,1-3H3/b13-10+. The highest BCUT2D eigenvalue weighted by Gasteiger charge is 2.16. The first-order valence-corrected chi connectivity index (χ1v) is 11.4. The molecule has 7 nitrogen and oxygen atoms in total. The number of thiazole rings is 1. The summed E-state index contributed by atoms with van der Waals surface area (Å²) < 4.78 is 7.64. The van der Waals surface area contributed by atoms with Crippen LogP contribution in [0.4, 0.5) is 0 Å². The van der Waals surface area contributed by atoms with Crippen LogP contribution in [-0.4, -0.2) is 37.6 Å². The minimum atomic E-state index is -0.0913. The van der Waals surface area contributed by atoms with E-state index in [-0.39, 0.29) is 11.9 Å². The first-order chi connectivity index (χ1) is 16.0. The minimum absolute atomic E-state index is 0.0900. The van der Waals surface area contributed by atoms with Crippen molar-refractivity contribution in [1.29, 1.82) is 0 Å². The van der Waals surface area contributed by atoms with Crippen LogP contribution in [0.15, 0.2) is 72.6 Å². The zero-order valence-electron chi connectivity index (χ0n) is 18.8. The van der Waals surface area contributed by atoms with Gasteiger partial charge < -0.3 is 9.64 Å². The van der Waals surface area contributed by atoms with Gasteiger partial charge in [-0.05, 0) is 43.7 Å². The van der Waals surface area contributed by atoms with Gasteiger partial charge in [0.25, 0.3) is 0 Å². The Morgan fingerprint density at radius 2 is 2.00 bits per heavy atom. The van der Waals surface area contributed by atoms with E-state index >= 15 is 0 Å². The van der Waals surface area contributed by atoms with Gasteiger partial charge in [-0.1, -0.05) is 30.3 Å². The van der Waals surface area contributed by atoms with E-state index in [1.807, 2.05) is 67.8 Å². The third-order valence-corrected chi connectivity index (χ3v) is 6.18. The van der Waals surface area contributed by atoms with Crippen LogP contribution in [0.1, 0.15) is 34.8 Å². The fourth-order valence-electron chi connectivity index (χ4n) is 3.32. The smallest absolute Gasteiger partial charge is 0.246 e. The number of benzene rings is 2. The van der Waals surface area contributed by atoms with E-state index in [0.29, 0.717) is 12.4 Å². The summed E-state index contributed by atoms with van der Waals surface area (Å²) in [6, 6.07) is 15.5. The summed E-state index contributed by atoms with van der Waals surface area (Å²) in [5.41, 5.74) is 3.69. The Morgan fingerprint density at radius 1 is 1.21 bits per heavy atom. The SMILES string of the molecule is Cc1nc(COc2ccccc2/C=C/C(=O)N(C)C(C)c2ccc(-n3cncn3)cc2)cs1. The number of amides is 1. The molecule has 168 valence electrons. The summed E-state index contributed by atoms with van der Waals surface area (Å²) in [4.78, 5) is 23.0. The molecule has 1 atom stereocenters. The van der Waals surface area contributed by atoms with Crippen molar-refractivity contribution in [2.24, 2.45) is 0 Å². The molecule has 0 aliphatic rings. The predicted octanol–water partition coefficient (Wildman–Crippen LogP) is 4.84. The maximum atomic E-state index is 12.8. The fraction of sp³-hybridized carbons (Fsp3) is 0.200. The first kappa shape index (κ1) is 22.4. The average molecular weight is 460 g/mol. The second-order valence-electron chi connectivity index (χ2n) is 7.57. The van der Waals surface area contributed by atoms with E-state index in [2.05, 4.69) is 15.1 Å². The molecule has 0 N–H and O–H groups in total. The molecule has 2 aromatic heterocycles. The van der Waals surface area contributed by atoms with Crippen molar-refractivity contribution >= 4 is 23.3 Å². The molecule has 2 aromatic carbocycles. The third kappa shape index (κ3) is 5.53. The van der Waals surface area contributed by atoms with Crippen LogP contribution in [0.3, 0.4) is 0 Å². The second-order valence-corrected chi connectivity index (χ2v) is 8.64. The maximum Gasteiger partial charge on any atom is 0.246 e. The van der Waals surface area contributed by atoms with Gasteiger partial charge in [0.15, 0.2) is 0 Å². The van der Waals surface area contributed by atoms with Crippen molar-refractivity contribution < 1.29 is 9.53 Å². The molecule has 1 amide bonds. The number of nitrogens with zero attached hydrogens (tertiary/aromatic N) is 5. The van der Waals surface area contributed by atoms with Crippen molar-refractivity contribution in [2.75, 3.05) is 7.05 Å². The Morgan fingerprint density at radius 3 is 2.70 bits per heavy atom. The molecule has 0 spiro atoms. The van der Waals surface area contributed by atoms with Gasteiger partial charge in [0.05, 0.1) is 22.4 Å². The van der Waals surface area contributed by atoms with Gasteiger partial charge in [-0.2, -0.15) is 5.10 Å². The Bertz CT molecular complexity index is 1230. The predicted molar refractivity (Wildman–Crippen MR) is 129 cm³/mol. The van der Waals surface area contributed by atoms with Crippen LogP contribution in [0.25, 0.3) is 11.8 Å². The van der Waals surface area contributed by atoms with E-state index in [1.165, 1.54) is 6.33 Å². The summed E-state index contributed by atoms with van der Waals surface area (Å²) in [5, 5.41) is 7.14. The molecule has 33 heavy (non-hydrogen) atoms. The number of hydrogen-bond acceptors (Lipinski definition) is 6. The molecule has 0 aliphatic heterocycles. The number of rotatable bonds is 8. The van der Waals surface area contributed by atoms with Crippen LogP contribution in [0, 0.1) is 6.92 Å². The van der Waals surface area contributed by atoms with Gasteiger partial charge in [0, 0.05) is 24.1 Å². The highest BCUT2D eigenvalue weighted by Crippen LogP contribution is 2.23. The van der Waals surface area contributed by atoms with E-state index in [4.69, 9.17) is 4.74 Å². The van der Waals surface area contributed by atoms with Crippen molar-refractivity contribution in [3.63, 3.8) is 0 Å². The normalized spacial score (nSPS) is 12.1. The maximum absolute atomic E-state index is 12.8. The zero-order valence-corrected chi connectivity index (χ0v) is 19.6. The number of hydrogen-bond donors (Lipinski definition) is 0. The molecule has 1 unspecified atom stereocenters.